The Morgan fingerprint density at radius 1 is 1.25 bits per heavy atom. The van der Waals surface area contributed by atoms with E-state index < -0.39 is 5.82 Å². The predicted octanol–water partition coefficient (Wildman–Crippen LogP) is 0.0163. The number of nitrogens with zero attached hydrogens (tertiary/aromatic N) is 4. The van der Waals surface area contributed by atoms with Crippen LogP contribution < -0.4 is 10.2 Å². The quantitative estimate of drug-likeness (QED) is 0.827. The lowest BCUT2D eigenvalue weighted by Gasteiger charge is -2.32. The van der Waals surface area contributed by atoms with Gasteiger partial charge in [-0.2, -0.15) is 0 Å². The molecule has 3 heterocycles. The molecule has 2 aliphatic heterocycles. The summed E-state index contributed by atoms with van der Waals surface area (Å²) < 4.78 is 12.9. The van der Waals surface area contributed by atoms with Crippen LogP contribution in [0.4, 0.5) is 10.3 Å². The molecule has 1 amide bonds. The van der Waals surface area contributed by atoms with Gasteiger partial charge in [0.25, 0.3) is 0 Å². The number of hydrogen-bond acceptors (Lipinski definition) is 5. The first-order chi connectivity index (χ1) is 9.75. The molecule has 6 nitrogen and oxygen atoms in total. The van der Waals surface area contributed by atoms with Crippen molar-refractivity contribution in [1.29, 1.82) is 0 Å². The highest BCUT2D eigenvalue weighted by atomic mass is 19.1. The van der Waals surface area contributed by atoms with Gasteiger partial charge in [0, 0.05) is 32.7 Å². The molecule has 1 aromatic rings. The van der Waals surface area contributed by atoms with Crippen LogP contribution in [0.1, 0.15) is 12.8 Å². The fourth-order valence-corrected chi connectivity index (χ4v) is 2.81. The Morgan fingerprint density at radius 3 is 2.65 bits per heavy atom. The zero-order chi connectivity index (χ0) is 13.9. The molecule has 1 unspecified atom stereocenters. The summed E-state index contributed by atoms with van der Waals surface area (Å²) in [4.78, 5) is 24.4. The van der Waals surface area contributed by atoms with Gasteiger partial charge in [-0.25, -0.2) is 14.4 Å². The molecule has 1 atom stereocenters. The van der Waals surface area contributed by atoms with Crippen LogP contribution in [0, 0.1) is 5.82 Å². The largest absolute Gasteiger partial charge is 0.338 e. The average molecular weight is 279 g/mol. The van der Waals surface area contributed by atoms with Crippen molar-refractivity contribution in [3.8, 4) is 0 Å². The maximum atomic E-state index is 12.9. The first-order valence-corrected chi connectivity index (χ1v) is 6.99. The Hall–Kier alpha value is -1.76. The molecule has 1 N–H and O–H groups in total. The van der Waals surface area contributed by atoms with Crippen molar-refractivity contribution in [1.82, 2.24) is 20.2 Å². The van der Waals surface area contributed by atoms with E-state index in [2.05, 4.69) is 15.3 Å². The summed E-state index contributed by atoms with van der Waals surface area (Å²) in [5.41, 5.74) is 0. The number of carbonyl (C=O) groups is 1. The van der Waals surface area contributed by atoms with Crippen molar-refractivity contribution in [3.05, 3.63) is 18.2 Å². The van der Waals surface area contributed by atoms with Gasteiger partial charge in [0.05, 0.1) is 12.4 Å². The van der Waals surface area contributed by atoms with E-state index >= 15 is 0 Å². The van der Waals surface area contributed by atoms with E-state index in [0.29, 0.717) is 5.95 Å². The van der Waals surface area contributed by atoms with Gasteiger partial charge < -0.3 is 15.1 Å². The molecule has 108 valence electrons. The fraction of sp³-hybridized carbons (Fsp3) is 0.615. The molecule has 3 rings (SSSR count). The number of carbonyl (C=O) groups excluding carboxylic acids is 1. The van der Waals surface area contributed by atoms with Crippen molar-refractivity contribution < 1.29 is 9.18 Å². The molecule has 0 aromatic carbocycles. The molecule has 7 heteroatoms. The SMILES string of the molecule is O=C(C1CCCN1c1ncc(F)cn1)N1CCNCC1. The van der Waals surface area contributed by atoms with E-state index in [0.717, 1.165) is 58.0 Å². The number of halogens is 1. The summed E-state index contributed by atoms with van der Waals surface area (Å²) in [6, 6.07) is -0.210. The molecular weight excluding hydrogens is 261 g/mol. The van der Waals surface area contributed by atoms with Gasteiger partial charge in [0.15, 0.2) is 5.82 Å². The molecule has 0 spiro atoms. The lowest BCUT2D eigenvalue weighted by molar-refractivity contribution is -0.133. The van der Waals surface area contributed by atoms with Crippen LogP contribution in [-0.4, -0.2) is 59.5 Å². The summed E-state index contributed by atoms with van der Waals surface area (Å²) in [6.45, 7) is 3.91. The first-order valence-electron chi connectivity index (χ1n) is 6.99. The molecule has 2 saturated heterocycles. The second-order valence-corrected chi connectivity index (χ2v) is 5.13. The fourth-order valence-electron chi connectivity index (χ4n) is 2.81. The predicted molar refractivity (Wildman–Crippen MR) is 71.8 cm³/mol. The highest BCUT2D eigenvalue weighted by Crippen LogP contribution is 2.23. The zero-order valence-corrected chi connectivity index (χ0v) is 11.3. The van der Waals surface area contributed by atoms with Gasteiger partial charge in [0.1, 0.15) is 6.04 Å². The van der Waals surface area contributed by atoms with Crippen LogP contribution in [0.2, 0.25) is 0 Å². The average Bonchev–Trinajstić information content (AvgIpc) is 2.97. The topological polar surface area (TPSA) is 61.4 Å². The van der Waals surface area contributed by atoms with Crippen molar-refractivity contribution in [2.45, 2.75) is 18.9 Å². The van der Waals surface area contributed by atoms with Crippen LogP contribution in [0.5, 0.6) is 0 Å². The molecule has 0 bridgehead atoms. The Bertz CT molecular complexity index is 474. The molecule has 0 aliphatic carbocycles. The van der Waals surface area contributed by atoms with Crippen LogP contribution in [0.3, 0.4) is 0 Å². The number of nitrogens with one attached hydrogen (secondary N) is 1. The molecular formula is C13H18FN5O. The summed E-state index contributed by atoms with van der Waals surface area (Å²) in [5, 5.41) is 3.24. The highest BCUT2D eigenvalue weighted by Gasteiger charge is 2.35. The van der Waals surface area contributed by atoms with Crippen LogP contribution in [0.15, 0.2) is 12.4 Å². The van der Waals surface area contributed by atoms with Crippen LogP contribution in [-0.2, 0) is 4.79 Å². The highest BCUT2D eigenvalue weighted by molar-refractivity contribution is 5.85. The molecule has 0 radical (unpaired) electrons. The van der Waals surface area contributed by atoms with Crippen LogP contribution >= 0.6 is 0 Å². The van der Waals surface area contributed by atoms with E-state index in [-0.39, 0.29) is 11.9 Å². The molecule has 1 aromatic heterocycles. The maximum Gasteiger partial charge on any atom is 0.245 e. The van der Waals surface area contributed by atoms with Crippen molar-refractivity contribution in [2.24, 2.45) is 0 Å². The standard InChI is InChI=1S/C13H18FN5O/c14-10-8-16-13(17-9-10)19-5-1-2-11(19)12(20)18-6-3-15-4-7-18/h8-9,11,15H,1-7H2. The Balaban J connectivity index is 1.74. The van der Waals surface area contributed by atoms with E-state index in [1.807, 2.05) is 9.80 Å². The third-order valence-corrected chi connectivity index (χ3v) is 3.83. The van der Waals surface area contributed by atoms with Gasteiger partial charge in [-0.05, 0) is 12.8 Å². The molecule has 2 aliphatic rings. The number of piperazine rings is 1. The van der Waals surface area contributed by atoms with E-state index in [4.69, 9.17) is 0 Å². The number of rotatable bonds is 2. The third-order valence-electron chi connectivity index (χ3n) is 3.83. The number of hydrogen-bond donors (Lipinski definition) is 1. The summed E-state index contributed by atoms with van der Waals surface area (Å²) >= 11 is 0. The monoisotopic (exact) mass is 279 g/mol. The summed E-state index contributed by atoms with van der Waals surface area (Å²) in [7, 11) is 0. The Kier molecular flexibility index (Phi) is 3.77. The summed E-state index contributed by atoms with van der Waals surface area (Å²) in [6.07, 6.45) is 4.03. The molecule has 2 fully saturated rings. The minimum absolute atomic E-state index is 0.136. The van der Waals surface area contributed by atoms with Gasteiger partial charge in [-0.15, -0.1) is 0 Å². The summed E-state index contributed by atoms with van der Waals surface area (Å²) in [5.74, 6) is 0.118. The van der Waals surface area contributed by atoms with E-state index in [9.17, 15) is 9.18 Å². The second kappa shape index (κ2) is 5.70. The minimum Gasteiger partial charge on any atom is -0.338 e. The number of aromatic nitrogens is 2. The van der Waals surface area contributed by atoms with Gasteiger partial charge in [-0.3, -0.25) is 4.79 Å². The first kappa shape index (κ1) is 13.2. The maximum absolute atomic E-state index is 12.9. The smallest absolute Gasteiger partial charge is 0.245 e. The number of anilines is 1. The molecule has 20 heavy (non-hydrogen) atoms. The van der Waals surface area contributed by atoms with E-state index in [1.54, 1.807) is 0 Å². The van der Waals surface area contributed by atoms with Gasteiger partial charge >= 0.3 is 0 Å². The minimum atomic E-state index is -0.460. The Labute approximate surface area is 117 Å². The third kappa shape index (κ3) is 2.58. The van der Waals surface area contributed by atoms with Crippen LogP contribution in [0.25, 0.3) is 0 Å². The van der Waals surface area contributed by atoms with Gasteiger partial charge in [-0.1, -0.05) is 0 Å². The second-order valence-electron chi connectivity index (χ2n) is 5.13. The Morgan fingerprint density at radius 2 is 1.95 bits per heavy atom. The molecule has 0 saturated carbocycles. The zero-order valence-electron chi connectivity index (χ0n) is 11.3. The van der Waals surface area contributed by atoms with Crippen molar-refractivity contribution in [3.63, 3.8) is 0 Å². The van der Waals surface area contributed by atoms with Gasteiger partial charge in [0.2, 0.25) is 11.9 Å². The lowest BCUT2D eigenvalue weighted by Crippen LogP contribution is -2.52. The lowest BCUT2D eigenvalue weighted by atomic mass is 10.2. The van der Waals surface area contributed by atoms with E-state index in [1.165, 1.54) is 0 Å². The van der Waals surface area contributed by atoms with Crippen molar-refractivity contribution in [2.75, 3.05) is 37.6 Å². The normalized spacial score (nSPS) is 23.1. The van der Waals surface area contributed by atoms with Crippen molar-refractivity contribution >= 4 is 11.9 Å². The number of amides is 1.